The summed E-state index contributed by atoms with van der Waals surface area (Å²) in [5, 5.41) is 0. The minimum Gasteiger partial charge on any atom is -0.299 e. The Morgan fingerprint density at radius 3 is 2.57 bits per heavy atom. The molecule has 0 unspecified atom stereocenters. The van der Waals surface area contributed by atoms with E-state index in [0.29, 0.717) is 5.41 Å². The van der Waals surface area contributed by atoms with E-state index in [4.69, 9.17) is 0 Å². The molecule has 0 bridgehead atoms. The summed E-state index contributed by atoms with van der Waals surface area (Å²) in [4.78, 5) is 10.4. The predicted molar refractivity (Wildman–Crippen MR) is 92.3 cm³/mol. The molecule has 0 heterocycles. The van der Waals surface area contributed by atoms with Crippen LogP contribution in [0.2, 0.25) is 0 Å². The highest BCUT2D eigenvalue weighted by Gasteiger charge is 2.27. The van der Waals surface area contributed by atoms with Gasteiger partial charge in [-0.15, -0.1) is 0 Å². The smallest absolute Gasteiger partial charge is 0.143 e. The summed E-state index contributed by atoms with van der Waals surface area (Å²) in [7, 11) is 0. The largest absolute Gasteiger partial charge is 0.299 e. The topological polar surface area (TPSA) is 17.1 Å². The van der Waals surface area contributed by atoms with E-state index in [1.807, 2.05) is 19.1 Å². The lowest BCUT2D eigenvalue weighted by molar-refractivity contribution is -0.104. The normalized spacial score (nSPS) is 20.2. The van der Waals surface area contributed by atoms with Gasteiger partial charge in [0.1, 0.15) is 6.29 Å². The van der Waals surface area contributed by atoms with Gasteiger partial charge in [0, 0.05) is 0 Å². The van der Waals surface area contributed by atoms with Gasteiger partial charge in [-0.2, -0.15) is 0 Å². The molecule has 1 aliphatic rings. The molecule has 0 radical (unpaired) electrons. The molecule has 1 heteroatoms. The molecule has 0 aliphatic heterocycles. The summed E-state index contributed by atoms with van der Waals surface area (Å²) >= 11 is 0. The Labute approximate surface area is 130 Å². The minimum atomic E-state index is 0.377. The fraction of sp³-hybridized carbons (Fsp3) is 0.550. The Hall–Kier alpha value is -1.37. The zero-order valence-electron chi connectivity index (χ0n) is 14.3. The number of hydrogen-bond donors (Lipinski definition) is 0. The van der Waals surface area contributed by atoms with E-state index in [0.717, 1.165) is 18.3 Å². The molecule has 0 amide bonds. The van der Waals surface area contributed by atoms with Crippen LogP contribution in [0, 0.1) is 5.41 Å². The summed E-state index contributed by atoms with van der Waals surface area (Å²) in [6.45, 7) is 11.2. The molecule has 1 rings (SSSR count). The quantitative estimate of drug-likeness (QED) is 0.255. The van der Waals surface area contributed by atoms with Crippen LogP contribution in [0.1, 0.15) is 66.7 Å². The zero-order valence-corrected chi connectivity index (χ0v) is 14.3. The first-order chi connectivity index (χ1) is 9.86. The zero-order chi connectivity index (χ0) is 15.9. The SMILES string of the molecule is CC(C=CC=C(C)CCC1=C(C)CCCC1(C)C)=CC=O. The third-order valence-corrected chi connectivity index (χ3v) is 4.53. The fourth-order valence-electron chi connectivity index (χ4n) is 3.16. The van der Waals surface area contributed by atoms with E-state index in [9.17, 15) is 4.79 Å². The molecule has 0 atom stereocenters. The average Bonchev–Trinajstić information content (AvgIpc) is 2.37. The van der Waals surface area contributed by atoms with E-state index in [1.165, 1.54) is 31.3 Å². The van der Waals surface area contributed by atoms with Gasteiger partial charge in [0.2, 0.25) is 0 Å². The van der Waals surface area contributed by atoms with Gasteiger partial charge in [0.15, 0.2) is 0 Å². The summed E-state index contributed by atoms with van der Waals surface area (Å²) in [6, 6.07) is 0. The lowest BCUT2D eigenvalue weighted by Gasteiger charge is -2.34. The molecular weight excluding hydrogens is 256 g/mol. The lowest BCUT2D eigenvalue weighted by Crippen LogP contribution is -2.20. The maximum absolute atomic E-state index is 10.4. The van der Waals surface area contributed by atoms with Gasteiger partial charge < -0.3 is 0 Å². The number of rotatable bonds is 6. The summed E-state index contributed by atoms with van der Waals surface area (Å²) in [5.74, 6) is 0. The molecule has 0 spiro atoms. The van der Waals surface area contributed by atoms with Crippen LogP contribution in [0.5, 0.6) is 0 Å². The van der Waals surface area contributed by atoms with E-state index in [-0.39, 0.29) is 0 Å². The van der Waals surface area contributed by atoms with Crippen molar-refractivity contribution in [3.05, 3.63) is 46.6 Å². The van der Waals surface area contributed by atoms with Crippen molar-refractivity contribution in [3.8, 4) is 0 Å². The van der Waals surface area contributed by atoms with Crippen LogP contribution >= 0.6 is 0 Å². The van der Waals surface area contributed by atoms with Gasteiger partial charge in [-0.05, 0) is 69.9 Å². The molecule has 21 heavy (non-hydrogen) atoms. The third-order valence-electron chi connectivity index (χ3n) is 4.53. The molecule has 116 valence electrons. The van der Waals surface area contributed by atoms with Gasteiger partial charge in [0.05, 0.1) is 0 Å². The first kappa shape index (κ1) is 17.7. The van der Waals surface area contributed by atoms with Crippen molar-refractivity contribution in [1.82, 2.24) is 0 Å². The third kappa shape index (κ3) is 5.87. The maximum Gasteiger partial charge on any atom is 0.143 e. The van der Waals surface area contributed by atoms with Crippen molar-refractivity contribution in [2.75, 3.05) is 0 Å². The number of aldehydes is 1. The molecule has 0 N–H and O–H groups in total. The molecule has 0 saturated heterocycles. The molecule has 0 aromatic heterocycles. The van der Waals surface area contributed by atoms with E-state index < -0.39 is 0 Å². The van der Waals surface area contributed by atoms with Crippen molar-refractivity contribution in [1.29, 1.82) is 0 Å². The first-order valence-corrected chi connectivity index (χ1v) is 8.02. The van der Waals surface area contributed by atoms with Crippen LogP contribution in [0.25, 0.3) is 0 Å². The van der Waals surface area contributed by atoms with Crippen molar-refractivity contribution in [3.63, 3.8) is 0 Å². The Morgan fingerprint density at radius 2 is 1.95 bits per heavy atom. The Balaban J connectivity index is 2.62. The van der Waals surface area contributed by atoms with Crippen LogP contribution in [0.4, 0.5) is 0 Å². The van der Waals surface area contributed by atoms with Crippen LogP contribution in [0.15, 0.2) is 46.6 Å². The molecular formula is C20H30O. The van der Waals surface area contributed by atoms with Crippen LogP contribution in [-0.4, -0.2) is 6.29 Å². The number of hydrogen-bond acceptors (Lipinski definition) is 1. The van der Waals surface area contributed by atoms with Crippen LogP contribution < -0.4 is 0 Å². The van der Waals surface area contributed by atoms with E-state index >= 15 is 0 Å². The molecule has 0 saturated carbocycles. The highest BCUT2D eigenvalue weighted by atomic mass is 16.1. The summed E-state index contributed by atoms with van der Waals surface area (Å²) in [6.07, 6.45) is 14.8. The molecule has 0 aromatic carbocycles. The Morgan fingerprint density at radius 1 is 1.24 bits per heavy atom. The van der Waals surface area contributed by atoms with Crippen molar-refractivity contribution >= 4 is 6.29 Å². The average molecular weight is 286 g/mol. The summed E-state index contributed by atoms with van der Waals surface area (Å²) < 4.78 is 0. The first-order valence-electron chi connectivity index (χ1n) is 8.02. The van der Waals surface area contributed by atoms with Crippen molar-refractivity contribution in [2.24, 2.45) is 5.41 Å². The van der Waals surface area contributed by atoms with Crippen molar-refractivity contribution < 1.29 is 4.79 Å². The van der Waals surface area contributed by atoms with E-state index in [1.54, 1.807) is 17.2 Å². The lowest BCUT2D eigenvalue weighted by atomic mass is 9.71. The van der Waals surface area contributed by atoms with Crippen LogP contribution in [0.3, 0.4) is 0 Å². The monoisotopic (exact) mass is 286 g/mol. The highest BCUT2D eigenvalue weighted by Crippen LogP contribution is 2.42. The Bertz CT molecular complexity index is 484. The number of carbonyl (C=O) groups is 1. The number of carbonyl (C=O) groups excluding carboxylic acids is 1. The fourth-order valence-corrected chi connectivity index (χ4v) is 3.16. The standard InChI is InChI=1S/C20H30O/c1-16(8-6-9-17(2)13-15-21)11-12-19-18(3)10-7-14-20(19,4)5/h6,8-9,13,15H,7,10-12,14H2,1-5H3. The number of allylic oxidation sites excluding steroid dienone is 8. The second-order valence-electron chi connectivity index (χ2n) is 6.92. The van der Waals surface area contributed by atoms with Crippen LogP contribution in [-0.2, 0) is 4.79 Å². The maximum atomic E-state index is 10.4. The van der Waals surface area contributed by atoms with E-state index in [2.05, 4.69) is 33.8 Å². The molecule has 0 fully saturated rings. The van der Waals surface area contributed by atoms with Gasteiger partial charge in [-0.1, -0.05) is 48.8 Å². The van der Waals surface area contributed by atoms with Crippen molar-refractivity contribution in [2.45, 2.75) is 66.7 Å². The second-order valence-corrected chi connectivity index (χ2v) is 6.92. The predicted octanol–water partition coefficient (Wildman–Crippen LogP) is 5.94. The minimum absolute atomic E-state index is 0.377. The molecule has 1 nitrogen and oxygen atoms in total. The van der Waals surface area contributed by atoms with Gasteiger partial charge in [-0.25, -0.2) is 0 Å². The molecule has 0 aromatic rings. The summed E-state index contributed by atoms with van der Waals surface area (Å²) in [5.41, 5.74) is 6.04. The van der Waals surface area contributed by atoms with Gasteiger partial charge >= 0.3 is 0 Å². The Kier molecular flexibility index (Phi) is 6.87. The second kappa shape index (κ2) is 8.17. The molecule has 1 aliphatic carbocycles. The van der Waals surface area contributed by atoms with Gasteiger partial charge in [-0.3, -0.25) is 4.79 Å². The van der Waals surface area contributed by atoms with Gasteiger partial charge in [0.25, 0.3) is 0 Å². The highest BCUT2D eigenvalue weighted by molar-refractivity contribution is 5.66.